The summed E-state index contributed by atoms with van der Waals surface area (Å²) in [5.74, 6) is 0.855. The number of nitrogens with zero attached hydrogens (tertiary/aromatic N) is 1. The van der Waals surface area contributed by atoms with Crippen molar-refractivity contribution in [3.8, 4) is 0 Å². The number of benzene rings is 1. The van der Waals surface area contributed by atoms with Gasteiger partial charge in [-0.3, -0.25) is 10.1 Å². The quantitative estimate of drug-likeness (QED) is 0.791. The normalized spacial score (nSPS) is 10.8. The molecule has 6 heteroatoms. The zero-order valence-corrected chi connectivity index (χ0v) is 12.4. The maximum atomic E-state index is 12.3. The van der Waals surface area contributed by atoms with Crippen molar-refractivity contribution in [2.45, 2.75) is 5.75 Å². The minimum atomic E-state index is -0.250. The number of amides is 1. The third kappa shape index (κ3) is 2.44. The molecule has 3 rings (SSSR count). The number of carbonyl (C=O) groups excluding carboxylic acids is 1. The van der Waals surface area contributed by atoms with Gasteiger partial charge in [0, 0.05) is 28.3 Å². The lowest BCUT2D eigenvalue weighted by molar-refractivity contribution is 0.0998. The first kappa shape index (κ1) is 13.2. The highest BCUT2D eigenvalue weighted by Crippen LogP contribution is 2.29. The Kier molecular flexibility index (Phi) is 3.75. The van der Waals surface area contributed by atoms with E-state index in [2.05, 4.69) is 10.3 Å². The Bertz CT molecular complexity index is 735. The fourth-order valence-corrected chi connectivity index (χ4v) is 3.11. The van der Waals surface area contributed by atoms with E-state index >= 15 is 0 Å². The van der Waals surface area contributed by atoms with Crippen LogP contribution in [0.2, 0.25) is 0 Å². The van der Waals surface area contributed by atoms with Gasteiger partial charge in [0.15, 0.2) is 10.9 Å². The van der Waals surface area contributed by atoms with E-state index in [1.54, 1.807) is 18.0 Å². The molecule has 0 aliphatic heterocycles. The van der Waals surface area contributed by atoms with E-state index in [4.69, 9.17) is 4.42 Å². The number of hydrogen-bond donors (Lipinski definition) is 1. The molecule has 0 bridgehead atoms. The minimum absolute atomic E-state index is 0.250. The molecule has 0 aliphatic carbocycles. The van der Waals surface area contributed by atoms with Crippen LogP contribution in [0.3, 0.4) is 0 Å². The number of anilines is 1. The second-order valence-corrected chi connectivity index (χ2v) is 5.89. The van der Waals surface area contributed by atoms with Gasteiger partial charge in [0.05, 0.1) is 0 Å². The molecule has 0 spiro atoms. The van der Waals surface area contributed by atoms with Crippen LogP contribution in [0, 0.1) is 0 Å². The summed E-state index contributed by atoms with van der Waals surface area (Å²) in [4.78, 5) is 16.4. The first-order valence-corrected chi connectivity index (χ1v) is 8.27. The van der Waals surface area contributed by atoms with Crippen molar-refractivity contribution < 1.29 is 9.21 Å². The minimum Gasteiger partial charge on any atom is -0.451 e. The number of furan rings is 1. The monoisotopic (exact) mass is 304 g/mol. The molecular weight excluding hydrogens is 292 g/mol. The van der Waals surface area contributed by atoms with E-state index in [-0.39, 0.29) is 5.91 Å². The Hall–Kier alpha value is -1.79. The maximum Gasteiger partial charge on any atom is 0.293 e. The van der Waals surface area contributed by atoms with Crippen LogP contribution in [0.25, 0.3) is 11.0 Å². The highest BCUT2D eigenvalue weighted by atomic mass is 32.2. The third-order valence-corrected chi connectivity index (χ3v) is 4.11. The first-order valence-electron chi connectivity index (χ1n) is 6.00. The second kappa shape index (κ2) is 5.68. The first-order chi connectivity index (χ1) is 9.79. The molecule has 0 saturated carbocycles. The molecule has 0 fully saturated rings. The molecule has 0 unspecified atom stereocenters. The van der Waals surface area contributed by atoms with E-state index in [9.17, 15) is 4.79 Å². The van der Waals surface area contributed by atoms with Crippen molar-refractivity contribution in [1.82, 2.24) is 4.98 Å². The molecule has 2 aromatic heterocycles. The van der Waals surface area contributed by atoms with Gasteiger partial charge in [-0.05, 0) is 12.3 Å². The molecular formula is C14H12N2O2S2. The van der Waals surface area contributed by atoms with Crippen molar-refractivity contribution in [1.29, 1.82) is 0 Å². The lowest BCUT2D eigenvalue weighted by atomic mass is 10.1. The summed E-state index contributed by atoms with van der Waals surface area (Å²) in [5, 5.41) is 6.15. The summed E-state index contributed by atoms with van der Waals surface area (Å²) in [6, 6.07) is 7.70. The molecule has 1 N–H and O–H groups in total. The molecule has 20 heavy (non-hydrogen) atoms. The number of thiazole rings is 1. The summed E-state index contributed by atoms with van der Waals surface area (Å²) in [7, 11) is 0. The molecule has 0 radical (unpaired) electrons. The smallest absolute Gasteiger partial charge is 0.293 e. The van der Waals surface area contributed by atoms with E-state index in [0.717, 1.165) is 22.3 Å². The van der Waals surface area contributed by atoms with Crippen LogP contribution < -0.4 is 5.32 Å². The van der Waals surface area contributed by atoms with Crippen LogP contribution in [0.5, 0.6) is 0 Å². The number of hydrogen-bond acceptors (Lipinski definition) is 5. The zero-order valence-electron chi connectivity index (χ0n) is 10.8. The van der Waals surface area contributed by atoms with Crippen LogP contribution in [0.4, 0.5) is 5.13 Å². The van der Waals surface area contributed by atoms with E-state index in [1.165, 1.54) is 11.3 Å². The topological polar surface area (TPSA) is 55.1 Å². The molecule has 1 amide bonds. The number of nitrogens with one attached hydrogen (secondary N) is 1. The Labute approximate surface area is 124 Å². The molecule has 4 nitrogen and oxygen atoms in total. The van der Waals surface area contributed by atoms with Crippen LogP contribution in [0.1, 0.15) is 16.1 Å². The predicted octanol–water partition coefficient (Wildman–Crippen LogP) is 4.00. The maximum absolute atomic E-state index is 12.3. The van der Waals surface area contributed by atoms with Crippen LogP contribution in [-0.4, -0.2) is 17.1 Å². The average Bonchev–Trinajstić information content (AvgIpc) is 3.07. The molecule has 2 heterocycles. The summed E-state index contributed by atoms with van der Waals surface area (Å²) in [5.41, 5.74) is 1.67. The van der Waals surface area contributed by atoms with Crippen molar-refractivity contribution >= 4 is 45.1 Å². The van der Waals surface area contributed by atoms with Gasteiger partial charge >= 0.3 is 0 Å². The van der Waals surface area contributed by atoms with Gasteiger partial charge in [-0.2, -0.15) is 11.8 Å². The van der Waals surface area contributed by atoms with Gasteiger partial charge in [0.25, 0.3) is 5.91 Å². The molecule has 1 aromatic carbocycles. The van der Waals surface area contributed by atoms with E-state index in [0.29, 0.717) is 10.9 Å². The van der Waals surface area contributed by atoms with Gasteiger partial charge in [0.1, 0.15) is 5.58 Å². The summed E-state index contributed by atoms with van der Waals surface area (Å²) >= 11 is 3.04. The molecule has 3 aromatic rings. The lowest BCUT2D eigenvalue weighted by Gasteiger charge is -2.01. The number of fused-ring (bicyclic) bond motifs is 1. The fraction of sp³-hybridized carbons (Fsp3) is 0.143. The molecule has 102 valence electrons. The number of thioether (sulfide) groups is 1. The van der Waals surface area contributed by atoms with Gasteiger partial charge in [0.2, 0.25) is 0 Å². The van der Waals surface area contributed by atoms with Gasteiger partial charge in [-0.25, -0.2) is 4.98 Å². The zero-order chi connectivity index (χ0) is 13.9. The van der Waals surface area contributed by atoms with Crippen molar-refractivity contribution in [3.05, 3.63) is 47.2 Å². The Balaban J connectivity index is 2.01. The predicted molar refractivity (Wildman–Crippen MR) is 83.5 cm³/mol. The number of rotatable bonds is 4. The Morgan fingerprint density at radius 2 is 2.30 bits per heavy atom. The molecule has 0 aliphatic rings. The highest BCUT2D eigenvalue weighted by molar-refractivity contribution is 7.97. The SMILES string of the molecule is CSCc1c(C(=O)Nc2nccs2)oc2ccccc12. The fourth-order valence-electron chi connectivity index (χ4n) is 2.01. The van der Waals surface area contributed by atoms with Gasteiger partial charge in [-0.15, -0.1) is 11.3 Å². The highest BCUT2D eigenvalue weighted by Gasteiger charge is 2.20. The van der Waals surface area contributed by atoms with Crippen molar-refractivity contribution in [3.63, 3.8) is 0 Å². The van der Waals surface area contributed by atoms with Crippen LogP contribution >= 0.6 is 23.1 Å². The van der Waals surface area contributed by atoms with Crippen molar-refractivity contribution in [2.75, 3.05) is 11.6 Å². The summed E-state index contributed by atoms with van der Waals surface area (Å²) < 4.78 is 5.71. The third-order valence-electron chi connectivity index (χ3n) is 2.85. The van der Waals surface area contributed by atoms with E-state index in [1.807, 2.05) is 35.9 Å². The van der Waals surface area contributed by atoms with Gasteiger partial charge in [-0.1, -0.05) is 18.2 Å². The number of aromatic nitrogens is 1. The lowest BCUT2D eigenvalue weighted by Crippen LogP contribution is -2.12. The Morgan fingerprint density at radius 1 is 1.45 bits per heavy atom. The Morgan fingerprint density at radius 3 is 3.05 bits per heavy atom. The summed E-state index contributed by atoms with van der Waals surface area (Å²) in [6.07, 6.45) is 3.66. The van der Waals surface area contributed by atoms with Crippen molar-refractivity contribution in [2.24, 2.45) is 0 Å². The van der Waals surface area contributed by atoms with Crippen LogP contribution in [-0.2, 0) is 5.75 Å². The molecule has 0 saturated heterocycles. The largest absolute Gasteiger partial charge is 0.451 e. The summed E-state index contributed by atoms with van der Waals surface area (Å²) in [6.45, 7) is 0. The van der Waals surface area contributed by atoms with Gasteiger partial charge < -0.3 is 4.42 Å². The number of para-hydroxylation sites is 1. The molecule has 0 atom stereocenters. The standard InChI is InChI=1S/C14H12N2O2S2/c1-19-8-10-9-4-2-3-5-11(9)18-12(10)13(17)16-14-15-6-7-20-14/h2-7H,8H2,1H3,(H,15,16,17). The van der Waals surface area contributed by atoms with E-state index < -0.39 is 0 Å². The average molecular weight is 304 g/mol. The van der Waals surface area contributed by atoms with Crippen LogP contribution in [0.15, 0.2) is 40.3 Å². The second-order valence-electron chi connectivity index (χ2n) is 4.13. The number of carbonyl (C=O) groups is 1.